The zero-order valence-corrected chi connectivity index (χ0v) is 8.05. The number of aliphatic hydroxyl groups is 1. The molecule has 0 radical (unpaired) electrons. The van der Waals surface area contributed by atoms with Gasteiger partial charge in [-0.3, -0.25) is 4.79 Å². The standard InChI is InChI=1S/C10H5F5O2/c11-6-2-1-5-7(4(6)3-16)8(17)10(14,15)9(5,12)13/h1-3,8,17H. The van der Waals surface area contributed by atoms with Crippen molar-refractivity contribution in [2.24, 2.45) is 0 Å². The Kier molecular flexibility index (Phi) is 2.29. The molecule has 0 aromatic heterocycles. The van der Waals surface area contributed by atoms with E-state index >= 15 is 0 Å². The molecule has 0 fully saturated rings. The number of halogens is 5. The van der Waals surface area contributed by atoms with E-state index in [-0.39, 0.29) is 6.29 Å². The van der Waals surface area contributed by atoms with E-state index < -0.39 is 40.5 Å². The summed E-state index contributed by atoms with van der Waals surface area (Å²) in [4.78, 5) is 10.5. The number of aldehydes is 1. The molecular weight excluding hydrogens is 247 g/mol. The first-order valence-corrected chi connectivity index (χ1v) is 4.47. The summed E-state index contributed by atoms with van der Waals surface area (Å²) in [6.45, 7) is 0. The molecule has 0 spiro atoms. The maximum absolute atomic E-state index is 13.3. The highest BCUT2D eigenvalue weighted by Gasteiger charge is 2.69. The fourth-order valence-corrected chi connectivity index (χ4v) is 1.83. The Bertz CT molecular complexity index is 498. The van der Waals surface area contributed by atoms with Crippen molar-refractivity contribution >= 4 is 6.29 Å². The van der Waals surface area contributed by atoms with Crippen molar-refractivity contribution in [2.75, 3.05) is 0 Å². The van der Waals surface area contributed by atoms with Crippen molar-refractivity contribution in [1.29, 1.82) is 0 Å². The maximum atomic E-state index is 13.3. The molecule has 7 heteroatoms. The molecule has 0 bridgehead atoms. The summed E-state index contributed by atoms with van der Waals surface area (Å²) in [5.41, 5.74) is -3.24. The first-order valence-electron chi connectivity index (χ1n) is 4.47. The smallest absolute Gasteiger partial charge is 0.343 e. The second-order valence-corrected chi connectivity index (χ2v) is 3.64. The molecule has 1 aliphatic carbocycles. The van der Waals surface area contributed by atoms with Crippen molar-refractivity contribution in [3.63, 3.8) is 0 Å². The molecule has 0 saturated heterocycles. The first kappa shape index (κ1) is 12.0. The lowest BCUT2D eigenvalue weighted by molar-refractivity contribution is -0.246. The van der Waals surface area contributed by atoms with Crippen LogP contribution in [0.5, 0.6) is 0 Å². The molecule has 0 aliphatic heterocycles. The summed E-state index contributed by atoms with van der Waals surface area (Å²) < 4.78 is 65.9. The highest BCUT2D eigenvalue weighted by Crippen LogP contribution is 2.58. The molecule has 0 heterocycles. The minimum atomic E-state index is -4.76. The molecule has 92 valence electrons. The van der Waals surface area contributed by atoms with Crippen molar-refractivity contribution in [3.8, 4) is 0 Å². The summed E-state index contributed by atoms with van der Waals surface area (Å²) >= 11 is 0. The van der Waals surface area contributed by atoms with Gasteiger partial charge in [0.15, 0.2) is 12.4 Å². The number of benzene rings is 1. The fraction of sp³-hybridized carbons (Fsp3) is 0.300. The van der Waals surface area contributed by atoms with Gasteiger partial charge in [-0.1, -0.05) is 0 Å². The van der Waals surface area contributed by atoms with Crippen LogP contribution < -0.4 is 0 Å². The monoisotopic (exact) mass is 252 g/mol. The maximum Gasteiger partial charge on any atom is 0.343 e. The van der Waals surface area contributed by atoms with Crippen LogP contribution in [0.4, 0.5) is 22.0 Å². The minimum absolute atomic E-state index is 0.172. The van der Waals surface area contributed by atoms with Crippen LogP contribution >= 0.6 is 0 Å². The van der Waals surface area contributed by atoms with Gasteiger partial charge in [0.05, 0.1) is 5.56 Å². The third-order valence-electron chi connectivity index (χ3n) is 2.73. The summed E-state index contributed by atoms with van der Waals surface area (Å²) in [5.74, 6) is -10.6. The predicted molar refractivity (Wildman–Crippen MR) is 45.6 cm³/mol. The van der Waals surface area contributed by atoms with E-state index in [1.54, 1.807) is 0 Å². The van der Waals surface area contributed by atoms with E-state index in [1.807, 2.05) is 0 Å². The Morgan fingerprint density at radius 2 is 1.82 bits per heavy atom. The molecule has 1 N–H and O–H groups in total. The minimum Gasteiger partial charge on any atom is -0.382 e. The lowest BCUT2D eigenvalue weighted by Crippen LogP contribution is -2.36. The second-order valence-electron chi connectivity index (χ2n) is 3.64. The molecule has 17 heavy (non-hydrogen) atoms. The van der Waals surface area contributed by atoms with Crippen LogP contribution in [0.3, 0.4) is 0 Å². The Morgan fingerprint density at radius 3 is 2.35 bits per heavy atom. The van der Waals surface area contributed by atoms with Gasteiger partial charge in [-0.05, 0) is 12.1 Å². The zero-order valence-electron chi connectivity index (χ0n) is 8.05. The van der Waals surface area contributed by atoms with Crippen LogP contribution in [0.2, 0.25) is 0 Å². The summed E-state index contributed by atoms with van der Waals surface area (Å²) in [6.07, 6.45) is -3.07. The van der Waals surface area contributed by atoms with Gasteiger partial charge in [-0.2, -0.15) is 17.6 Å². The summed E-state index contributed by atoms with van der Waals surface area (Å²) in [7, 11) is 0. The Hall–Kier alpha value is -1.50. The van der Waals surface area contributed by atoms with Crippen molar-refractivity contribution in [1.82, 2.24) is 0 Å². The van der Waals surface area contributed by atoms with E-state index in [4.69, 9.17) is 5.11 Å². The van der Waals surface area contributed by atoms with Crippen LogP contribution in [-0.2, 0) is 5.92 Å². The fourth-order valence-electron chi connectivity index (χ4n) is 1.83. The summed E-state index contributed by atoms with van der Waals surface area (Å²) in [5, 5.41) is 9.13. The van der Waals surface area contributed by atoms with E-state index in [2.05, 4.69) is 0 Å². The molecule has 2 nitrogen and oxygen atoms in total. The predicted octanol–water partition coefficient (Wildman–Crippen LogP) is 2.41. The number of hydrogen-bond acceptors (Lipinski definition) is 2. The van der Waals surface area contributed by atoms with Crippen molar-refractivity contribution in [2.45, 2.75) is 17.9 Å². The number of fused-ring (bicyclic) bond motifs is 1. The van der Waals surface area contributed by atoms with Crippen LogP contribution in [0, 0.1) is 5.82 Å². The van der Waals surface area contributed by atoms with Crippen molar-refractivity contribution < 1.29 is 31.9 Å². The molecule has 1 aromatic rings. The van der Waals surface area contributed by atoms with E-state index in [0.29, 0.717) is 12.1 Å². The SMILES string of the molecule is O=Cc1c(F)ccc2c1C(O)C(F)(F)C2(F)F. The average Bonchev–Trinajstić information content (AvgIpc) is 2.38. The largest absolute Gasteiger partial charge is 0.382 e. The normalized spacial score (nSPS) is 24.5. The van der Waals surface area contributed by atoms with Crippen LogP contribution in [0.25, 0.3) is 0 Å². The number of alkyl halides is 4. The molecule has 1 atom stereocenters. The molecule has 1 unspecified atom stereocenters. The molecule has 0 saturated carbocycles. The van der Waals surface area contributed by atoms with Gasteiger partial charge >= 0.3 is 11.8 Å². The van der Waals surface area contributed by atoms with Gasteiger partial charge in [0.2, 0.25) is 0 Å². The number of aliphatic hydroxyl groups excluding tert-OH is 1. The van der Waals surface area contributed by atoms with Crippen LogP contribution in [0.15, 0.2) is 12.1 Å². The highest BCUT2D eigenvalue weighted by atomic mass is 19.3. The Labute approximate surface area is 91.7 Å². The summed E-state index contributed by atoms with van der Waals surface area (Å²) in [6, 6.07) is 0.937. The van der Waals surface area contributed by atoms with E-state index in [9.17, 15) is 26.7 Å². The lowest BCUT2D eigenvalue weighted by Gasteiger charge is -2.21. The molecule has 1 aliphatic rings. The molecule has 0 amide bonds. The Balaban J connectivity index is 2.81. The Morgan fingerprint density at radius 1 is 1.24 bits per heavy atom. The van der Waals surface area contributed by atoms with Gasteiger partial charge in [0.25, 0.3) is 0 Å². The van der Waals surface area contributed by atoms with E-state index in [1.165, 1.54) is 0 Å². The van der Waals surface area contributed by atoms with Crippen molar-refractivity contribution in [3.05, 3.63) is 34.6 Å². The van der Waals surface area contributed by atoms with Gasteiger partial charge < -0.3 is 5.11 Å². The number of carbonyl (C=O) groups excluding carboxylic acids is 1. The van der Waals surface area contributed by atoms with Gasteiger partial charge in [0.1, 0.15) is 5.82 Å². The third kappa shape index (κ3) is 1.25. The third-order valence-corrected chi connectivity index (χ3v) is 2.73. The molecular formula is C10H5F5O2. The van der Waals surface area contributed by atoms with Crippen LogP contribution in [0.1, 0.15) is 27.6 Å². The van der Waals surface area contributed by atoms with Crippen LogP contribution in [-0.4, -0.2) is 17.3 Å². The number of hydrogen-bond donors (Lipinski definition) is 1. The number of rotatable bonds is 1. The van der Waals surface area contributed by atoms with Gasteiger partial charge in [-0.25, -0.2) is 4.39 Å². The van der Waals surface area contributed by atoms with Gasteiger partial charge in [-0.15, -0.1) is 0 Å². The number of carbonyl (C=O) groups is 1. The highest BCUT2D eigenvalue weighted by molar-refractivity contribution is 5.79. The average molecular weight is 252 g/mol. The molecule has 2 rings (SSSR count). The van der Waals surface area contributed by atoms with Gasteiger partial charge in [0, 0.05) is 11.1 Å². The zero-order chi connectivity index (χ0) is 13.0. The van der Waals surface area contributed by atoms with E-state index in [0.717, 1.165) is 0 Å². The quantitative estimate of drug-likeness (QED) is 0.615. The molecule has 1 aromatic carbocycles. The second kappa shape index (κ2) is 3.25. The first-order chi connectivity index (χ1) is 7.75. The lowest BCUT2D eigenvalue weighted by atomic mass is 10.0. The topological polar surface area (TPSA) is 37.3 Å².